The molecule has 3 aromatic rings. The van der Waals surface area contributed by atoms with Gasteiger partial charge in [-0.05, 0) is 42.3 Å². The number of benzene rings is 2. The third kappa shape index (κ3) is 3.59. The maximum absolute atomic E-state index is 6.20. The number of halogens is 1. The van der Waals surface area contributed by atoms with Crippen molar-refractivity contribution in [2.45, 2.75) is 32.7 Å². The molecule has 1 heterocycles. The smallest absolute Gasteiger partial charge is 0.160 e. The van der Waals surface area contributed by atoms with E-state index in [1.54, 1.807) is 14.2 Å². The molecule has 0 N–H and O–H groups in total. The molecule has 0 saturated heterocycles. The molecule has 25 heavy (non-hydrogen) atoms. The molecule has 0 fully saturated rings. The van der Waals surface area contributed by atoms with Gasteiger partial charge in [-0.2, -0.15) is 0 Å². The molecule has 5 heteroatoms. The molecule has 0 aliphatic heterocycles. The Bertz CT molecular complexity index is 887. The number of hydrogen-bond donors (Lipinski definition) is 0. The largest absolute Gasteiger partial charge is 0.493 e. The van der Waals surface area contributed by atoms with Crippen molar-refractivity contribution in [1.82, 2.24) is 9.55 Å². The zero-order valence-corrected chi connectivity index (χ0v) is 15.8. The first-order valence-corrected chi connectivity index (χ1v) is 8.78. The Morgan fingerprint density at radius 2 is 1.80 bits per heavy atom. The van der Waals surface area contributed by atoms with E-state index in [2.05, 4.69) is 24.5 Å². The second-order valence-electron chi connectivity index (χ2n) is 6.35. The molecule has 0 radical (unpaired) electrons. The van der Waals surface area contributed by atoms with E-state index >= 15 is 0 Å². The van der Waals surface area contributed by atoms with Crippen molar-refractivity contribution in [3.05, 3.63) is 52.8 Å². The van der Waals surface area contributed by atoms with Crippen molar-refractivity contribution in [3.8, 4) is 11.5 Å². The van der Waals surface area contributed by atoms with E-state index in [0.29, 0.717) is 5.92 Å². The Kier molecular flexibility index (Phi) is 5.19. The van der Waals surface area contributed by atoms with Crippen LogP contribution in [0.5, 0.6) is 11.5 Å². The van der Waals surface area contributed by atoms with Crippen LogP contribution in [0.25, 0.3) is 11.0 Å². The summed E-state index contributed by atoms with van der Waals surface area (Å²) in [5, 5.41) is 0.732. The van der Waals surface area contributed by atoms with Crippen LogP contribution in [-0.2, 0) is 13.0 Å². The van der Waals surface area contributed by atoms with Crippen molar-refractivity contribution in [2.75, 3.05) is 14.2 Å². The van der Waals surface area contributed by atoms with Gasteiger partial charge in [-0.1, -0.05) is 31.5 Å². The molecule has 132 valence electrons. The summed E-state index contributed by atoms with van der Waals surface area (Å²) in [6, 6.07) is 11.9. The van der Waals surface area contributed by atoms with Gasteiger partial charge in [-0.15, -0.1) is 0 Å². The molecule has 0 unspecified atom stereocenters. The summed E-state index contributed by atoms with van der Waals surface area (Å²) < 4.78 is 13.0. The summed E-state index contributed by atoms with van der Waals surface area (Å²) in [5.74, 6) is 2.92. The molecule has 0 aliphatic rings. The van der Waals surface area contributed by atoms with Gasteiger partial charge in [0.25, 0.3) is 0 Å². The number of methoxy groups -OCH3 is 2. The first-order valence-electron chi connectivity index (χ1n) is 8.40. The van der Waals surface area contributed by atoms with Crippen molar-refractivity contribution < 1.29 is 9.47 Å². The molecule has 1 aromatic heterocycles. The van der Waals surface area contributed by atoms with Gasteiger partial charge in [0.05, 0.1) is 25.3 Å². The highest BCUT2D eigenvalue weighted by Gasteiger charge is 2.14. The Balaban J connectivity index is 1.92. The van der Waals surface area contributed by atoms with E-state index < -0.39 is 0 Å². The zero-order chi connectivity index (χ0) is 18.0. The van der Waals surface area contributed by atoms with Gasteiger partial charge in [0.15, 0.2) is 11.5 Å². The number of nitrogens with zero attached hydrogens (tertiary/aromatic N) is 2. The predicted octanol–water partition coefficient (Wildman–Crippen LogP) is 5.07. The number of ether oxygens (including phenoxy) is 2. The third-order valence-corrected chi connectivity index (χ3v) is 4.56. The van der Waals surface area contributed by atoms with Gasteiger partial charge in [-0.3, -0.25) is 0 Å². The molecule has 4 nitrogen and oxygen atoms in total. The van der Waals surface area contributed by atoms with E-state index in [1.807, 2.05) is 30.3 Å². The molecular formula is C20H23ClN2O2. The van der Waals surface area contributed by atoms with Gasteiger partial charge >= 0.3 is 0 Å². The molecule has 2 aromatic carbocycles. The van der Waals surface area contributed by atoms with Crippen molar-refractivity contribution in [1.29, 1.82) is 0 Å². The second-order valence-corrected chi connectivity index (χ2v) is 6.79. The number of hydrogen-bond acceptors (Lipinski definition) is 3. The number of aryl methyl sites for hydroxylation is 2. The van der Waals surface area contributed by atoms with Gasteiger partial charge in [0, 0.05) is 17.5 Å². The van der Waals surface area contributed by atoms with Crippen LogP contribution in [0.15, 0.2) is 36.4 Å². The van der Waals surface area contributed by atoms with Crippen LogP contribution in [0.1, 0.15) is 31.2 Å². The van der Waals surface area contributed by atoms with Crippen molar-refractivity contribution >= 4 is 22.6 Å². The molecule has 0 aliphatic carbocycles. The van der Waals surface area contributed by atoms with E-state index in [-0.39, 0.29) is 0 Å². The summed E-state index contributed by atoms with van der Waals surface area (Å²) in [5.41, 5.74) is 3.26. The first kappa shape index (κ1) is 17.6. The monoisotopic (exact) mass is 358 g/mol. The number of fused-ring (bicyclic) bond motifs is 1. The molecule has 0 bridgehead atoms. The lowest BCUT2D eigenvalue weighted by Gasteiger charge is -2.13. The van der Waals surface area contributed by atoms with E-state index in [1.165, 1.54) is 5.56 Å². The lowest BCUT2D eigenvalue weighted by Crippen LogP contribution is -2.08. The number of rotatable bonds is 6. The minimum atomic E-state index is 0.344. The topological polar surface area (TPSA) is 36.3 Å². The highest BCUT2D eigenvalue weighted by atomic mass is 35.5. The fraction of sp³-hybridized carbons (Fsp3) is 0.350. The molecular weight excluding hydrogens is 336 g/mol. The van der Waals surface area contributed by atoms with Gasteiger partial charge in [0.2, 0.25) is 0 Å². The average Bonchev–Trinajstić information content (AvgIpc) is 2.97. The van der Waals surface area contributed by atoms with E-state index in [4.69, 9.17) is 26.1 Å². The molecule has 0 atom stereocenters. The van der Waals surface area contributed by atoms with E-state index in [0.717, 1.165) is 46.3 Å². The molecule has 0 saturated carbocycles. The van der Waals surface area contributed by atoms with Gasteiger partial charge in [0.1, 0.15) is 5.82 Å². The normalized spacial score (nSPS) is 11.3. The lowest BCUT2D eigenvalue weighted by molar-refractivity contribution is 0.354. The minimum absolute atomic E-state index is 0.344. The maximum Gasteiger partial charge on any atom is 0.160 e. The fourth-order valence-corrected chi connectivity index (χ4v) is 3.23. The highest BCUT2D eigenvalue weighted by Crippen LogP contribution is 2.29. The Labute approximate surface area is 153 Å². The molecule has 0 amide bonds. The fourth-order valence-electron chi connectivity index (χ4n) is 3.07. The van der Waals surface area contributed by atoms with Gasteiger partial charge < -0.3 is 14.0 Å². The van der Waals surface area contributed by atoms with Crippen molar-refractivity contribution in [3.63, 3.8) is 0 Å². The lowest BCUT2D eigenvalue weighted by atomic mass is 10.1. The van der Waals surface area contributed by atoms with Crippen molar-refractivity contribution in [2.24, 2.45) is 0 Å². The van der Waals surface area contributed by atoms with Crippen LogP contribution in [0.3, 0.4) is 0 Å². The third-order valence-electron chi connectivity index (χ3n) is 4.33. The molecule has 0 spiro atoms. The average molecular weight is 359 g/mol. The summed E-state index contributed by atoms with van der Waals surface area (Å²) >= 11 is 6.20. The standard InChI is InChI=1S/C20H23ClN2O2/c1-13(2)20-22-16-7-6-15(21)12-17(16)23(20)10-9-14-5-8-18(24-3)19(11-14)25-4/h5-8,11-13H,9-10H2,1-4H3. The summed E-state index contributed by atoms with van der Waals surface area (Å²) in [4.78, 5) is 4.79. The van der Waals surface area contributed by atoms with Gasteiger partial charge in [-0.25, -0.2) is 4.98 Å². The quantitative estimate of drug-likeness (QED) is 0.617. The minimum Gasteiger partial charge on any atom is -0.493 e. The van der Waals surface area contributed by atoms with Crippen LogP contribution in [0.4, 0.5) is 0 Å². The highest BCUT2D eigenvalue weighted by molar-refractivity contribution is 6.31. The SMILES string of the molecule is COc1ccc(CCn2c(C(C)C)nc3ccc(Cl)cc32)cc1OC. The van der Waals surface area contributed by atoms with E-state index in [9.17, 15) is 0 Å². The maximum atomic E-state index is 6.20. The van der Waals surface area contributed by atoms with Crippen LogP contribution >= 0.6 is 11.6 Å². The van der Waals surface area contributed by atoms with Crippen LogP contribution in [0, 0.1) is 0 Å². The number of imidazole rings is 1. The van der Waals surface area contributed by atoms with Crippen LogP contribution < -0.4 is 9.47 Å². The number of aromatic nitrogens is 2. The Morgan fingerprint density at radius 1 is 1.04 bits per heavy atom. The summed E-state index contributed by atoms with van der Waals surface area (Å²) in [6.45, 7) is 5.16. The first-order chi connectivity index (χ1) is 12.0. The predicted molar refractivity (Wildman–Crippen MR) is 102 cm³/mol. The zero-order valence-electron chi connectivity index (χ0n) is 15.0. The Hall–Kier alpha value is -2.20. The van der Waals surface area contributed by atoms with Crippen LogP contribution in [-0.4, -0.2) is 23.8 Å². The Morgan fingerprint density at radius 3 is 2.48 bits per heavy atom. The summed E-state index contributed by atoms with van der Waals surface area (Å²) in [6.07, 6.45) is 0.873. The van der Waals surface area contributed by atoms with Crippen LogP contribution in [0.2, 0.25) is 5.02 Å². The summed E-state index contributed by atoms with van der Waals surface area (Å²) in [7, 11) is 3.30. The second kappa shape index (κ2) is 7.36. The molecule has 3 rings (SSSR count).